The summed E-state index contributed by atoms with van der Waals surface area (Å²) in [4.78, 5) is 0. The van der Waals surface area contributed by atoms with Gasteiger partial charge in [0.05, 0.1) is 6.10 Å². The van der Waals surface area contributed by atoms with Crippen molar-refractivity contribution in [2.75, 3.05) is 11.5 Å². The highest BCUT2D eigenvalue weighted by Crippen LogP contribution is 2.21. The van der Waals surface area contributed by atoms with Crippen molar-refractivity contribution in [3.05, 3.63) is 35.9 Å². The van der Waals surface area contributed by atoms with E-state index in [2.05, 4.69) is 12.2 Å². The van der Waals surface area contributed by atoms with Gasteiger partial charge in [-0.2, -0.15) is 11.8 Å². The van der Waals surface area contributed by atoms with Crippen molar-refractivity contribution in [2.24, 2.45) is 0 Å². The maximum absolute atomic E-state index is 10.2. The minimum atomic E-state index is -0.355. The summed E-state index contributed by atoms with van der Waals surface area (Å²) in [5, 5.41) is 13.8. The molecule has 2 unspecified atom stereocenters. The van der Waals surface area contributed by atoms with Gasteiger partial charge in [0, 0.05) is 12.1 Å². The average Bonchev–Trinajstić information content (AvgIpc) is 2.40. The van der Waals surface area contributed by atoms with E-state index in [1.54, 1.807) is 0 Å². The van der Waals surface area contributed by atoms with Crippen LogP contribution in [-0.2, 0) is 0 Å². The van der Waals surface area contributed by atoms with Crippen LogP contribution in [0.15, 0.2) is 30.3 Å². The number of benzene rings is 1. The number of thioether (sulfide) groups is 1. The highest BCUT2D eigenvalue weighted by molar-refractivity contribution is 7.99. The lowest BCUT2D eigenvalue weighted by atomic mass is 10.0. The smallest absolute Gasteiger partial charge is 0.0804 e. The van der Waals surface area contributed by atoms with E-state index < -0.39 is 0 Å². The van der Waals surface area contributed by atoms with Gasteiger partial charge >= 0.3 is 0 Å². The second kappa shape index (κ2) is 7.17. The molecule has 1 aliphatic rings. The Morgan fingerprint density at radius 1 is 1.28 bits per heavy atom. The monoisotopic (exact) mass is 265 g/mol. The second-order valence-corrected chi connectivity index (χ2v) is 6.34. The number of nitrogens with one attached hydrogen (secondary N) is 1. The maximum Gasteiger partial charge on any atom is 0.0804 e. The van der Waals surface area contributed by atoms with Crippen LogP contribution >= 0.6 is 11.8 Å². The van der Waals surface area contributed by atoms with Gasteiger partial charge in [0.1, 0.15) is 0 Å². The van der Waals surface area contributed by atoms with Crippen LogP contribution in [-0.4, -0.2) is 28.7 Å². The molecule has 1 heterocycles. The minimum Gasteiger partial charge on any atom is -0.388 e. The topological polar surface area (TPSA) is 32.3 Å². The number of rotatable bonds is 5. The minimum absolute atomic E-state index is 0.355. The third-order valence-corrected chi connectivity index (χ3v) is 4.55. The molecule has 1 aromatic carbocycles. The summed E-state index contributed by atoms with van der Waals surface area (Å²) < 4.78 is 0. The molecule has 2 N–H and O–H groups in total. The van der Waals surface area contributed by atoms with Gasteiger partial charge in [0.15, 0.2) is 0 Å². The summed E-state index contributed by atoms with van der Waals surface area (Å²) in [6.07, 6.45) is 2.95. The van der Waals surface area contributed by atoms with E-state index in [9.17, 15) is 5.11 Å². The molecule has 0 bridgehead atoms. The molecule has 0 amide bonds. The van der Waals surface area contributed by atoms with Crippen molar-refractivity contribution in [1.82, 2.24) is 5.32 Å². The average molecular weight is 265 g/mol. The summed E-state index contributed by atoms with van der Waals surface area (Å²) in [5.74, 6) is 2.54. The quantitative estimate of drug-likeness (QED) is 0.858. The van der Waals surface area contributed by atoms with Crippen LogP contribution in [0.2, 0.25) is 0 Å². The predicted octanol–water partition coefficient (Wildman–Crippen LogP) is 2.98. The van der Waals surface area contributed by atoms with Crippen LogP contribution in [0.5, 0.6) is 0 Å². The summed E-state index contributed by atoms with van der Waals surface area (Å²) in [6, 6.07) is 10.9. The van der Waals surface area contributed by atoms with Gasteiger partial charge in [-0.25, -0.2) is 0 Å². The molecule has 2 atom stereocenters. The van der Waals surface area contributed by atoms with E-state index in [0.717, 1.165) is 12.0 Å². The molecule has 100 valence electrons. The second-order valence-electron chi connectivity index (χ2n) is 5.12. The Morgan fingerprint density at radius 3 is 2.61 bits per heavy atom. The van der Waals surface area contributed by atoms with Crippen molar-refractivity contribution in [3.63, 3.8) is 0 Å². The molecule has 1 aromatic rings. The molecule has 0 spiro atoms. The lowest BCUT2D eigenvalue weighted by Gasteiger charge is -2.27. The molecular weight excluding hydrogens is 242 g/mol. The molecular formula is C15H23NOS. The Bertz CT molecular complexity index is 338. The van der Waals surface area contributed by atoms with Crippen LogP contribution in [0.1, 0.15) is 37.9 Å². The number of hydrogen-bond donors (Lipinski definition) is 2. The molecule has 1 fully saturated rings. The standard InChI is InChI=1S/C15H23NOS/c1-12(16-14-7-9-18-10-8-14)11-15(17)13-5-3-2-4-6-13/h2-6,12,14-17H,7-11H2,1H3. The molecule has 2 rings (SSSR count). The first-order chi connectivity index (χ1) is 8.75. The molecule has 3 heteroatoms. The van der Waals surface area contributed by atoms with Crippen LogP contribution in [0.3, 0.4) is 0 Å². The summed E-state index contributed by atoms with van der Waals surface area (Å²) in [5.41, 5.74) is 1.02. The fourth-order valence-corrected chi connectivity index (χ4v) is 3.59. The summed E-state index contributed by atoms with van der Waals surface area (Å²) in [6.45, 7) is 2.17. The summed E-state index contributed by atoms with van der Waals surface area (Å²) in [7, 11) is 0. The molecule has 2 nitrogen and oxygen atoms in total. The first-order valence-corrected chi connectivity index (χ1v) is 7.98. The van der Waals surface area contributed by atoms with E-state index in [0.29, 0.717) is 12.1 Å². The normalized spacial score (nSPS) is 20.6. The number of aliphatic hydroxyl groups excluding tert-OH is 1. The SMILES string of the molecule is CC(CC(O)c1ccccc1)NC1CCSCC1. The van der Waals surface area contributed by atoms with Crippen molar-refractivity contribution < 1.29 is 5.11 Å². The van der Waals surface area contributed by atoms with Crippen LogP contribution in [0.4, 0.5) is 0 Å². The van der Waals surface area contributed by atoms with Gasteiger partial charge in [-0.05, 0) is 43.3 Å². The van der Waals surface area contributed by atoms with Gasteiger partial charge in [0.25, 0.3) is 0 Å². The third kappa shape index (κ3) is 4.30. The Labute approximate surface area is 114 Å². The number of hydrogen-bond acceptors (Lipinski definition) is 3. The zero-order chi connectivity index (χ0) is 12.8. The lowest BCUT2D eigenvalue weighted by molar-refractivity contribution is 0.151. The fraction of sp³-hybridized carbons (Fsp3) is 0.600. The molecule has 1 aliphatic heterocycles. The van der Waals surface area contributed by atoms with Gasteiger partial charge in [-0.3, -0.25) is 0 Å². The van der Waals surface area contributed by atoms with Crippen LogP contribution < -0.4 is 5.32 Å². The highest BCUT2D eigenvalue weighted by Gasteiger charge is 2.18. The molecule has 0 radical (unpaired) electrons. The van der Waals surface area contributed by atoms with Gasteiger partial charge in [-0.15, -0.1) is 0 Å². The van der Waals surface area contributed by atoms with E-state index in [-0.39, 0.29) is 6.10 Å². The van der Waals surface area contributed by atoms with Gasteiger partial charge in [-0.1, -0.05) is 30.3 Å². The first-order valence-electron chi connectivity index (χ1n) is 6.82. The molecule has 0 aromatic heterocycles. The van der Waals surface area contributed by atoms with E-state index in [1.807, 2.05) is 42.1 Å². The Hall–Kier alpha value is -0.510. The molecule has 0 aliphatic carbocycles. The van der Waals surface area contributed by atoms with Crippen molar-refractivity contribution in [1.29, 1.82) is 0 Å². The van der Waals surface area contributed by atoms with Gasteiger partial charge in [0.2, 0.25) is 0 Å². The zero-order valence-corrected chi connectivity index (χ0v) is 11.8. The molecule has 1 saturated heterocycles. The van der Waals surface area contributed by atoms with Crippen LogP contribution in [0, 0.1) is 0 Å². The maximum atomic E-state index is 10.2. The predicted molar refractivity (Wildman–Crippen MR) is 79.0 cm³/mol. The molecule has 18 heavy (non-hydrogen) atoms. The van der Waals surface area contributed by atoms with Crippen molar-refractivity contribution in [3.8, 4) is 0 Å². The molecule has 0 saturated carbocycles. The number of aliphatic hydroxyl groups is 1. The van der Waals surface area contributed by atoms with E-state index in [4.69, 9.17) is 0 Å². The van der Waals surface area contributed by atoms with Crippen molar-refractivity contribution >= 4 is 11.8 Å². The highest BCUT2D eigenvalue weighted by atomic mass is 32.2. The Kier molecular flexibility index (Phi) is 5.54. The Balaban J connectivity index is 1.78. The third-order valence-electron chi connectivity index (χ3n) is 3.50. The van der Waals surface area contributed by atoms with Crippen LogP contribution in [0.25, 0.3) is 0 Å². The fourth-order valence-electron chi connectivity index (χ4n) is 2.48. The largest absolute Gasteiger partial charge is 0.388 e. The zero-order valence-electron chi connectivity index (χ0n) is 11.0. The first kappa shape index (κ1) is 13.9. The van der Waals surface area contributed by atoms with Gasteiger partial charge < -0.3 is 10.4 Å². The Morgan fingerprint density at radius 2 is 1.94 bits per heavy atom. The van der Waals surface area contributed by atoms with E-state index in [1.165, 1.54) is 24.3 Å². The van der Waals surface area contributed by atoms with E-state index >= 15 is 0 Å². The van der Waals surface area contributed by atoms with Crippen molar-refractivity contribution in [2.45, 2.75) is 44.4 Å². The summed E-state index contributed by atoms with van der Waals surface area (Å²) >= 11 is 2.05. The lowest BCUT2D eigenvalue weighted by Crippen LogP contribution is -2.39.